The molecule has 1 fully saturated rings. The highest BCUT2D eigenvalue weighted by atomic mass is 15.1. The van der Waals surface area contributed by atoms with Crippen molar-refractivity contribution in [3.63, 3.8) is 0 Å². The molecular weight excluding hydrogens is 208 g/mol. The van der Waals surface area contributed by atoms with E-state index in [1.165, 1.54) is 44.6 Å². The molecule has 2 rings (SSSR count). The van der Waals surface area contributed by atoms with Crippen LogP contribution in [0, 0.1) is 5.92 Å². The molecule has 0 spiro atoms. The molecule has 0 atom stereocenters. The fourth-order valence-corrected chi connectivity index (χ4v) is 2.53. The zero-order valence-corrected chi connectivity index (χ0v) is 10.9. The maximum absolute atomic E-state index is 3.48. The largest absolute Gasteiger partial charge is 0.384 e. The molecule has 1 N–H and O–H groups in total. The maximum Gasteiger partial charge on any atom is 0.0340 e. The molecule has 17 heavy (non-hydrogen) atoms. The van der Waals surface area contributed by atoms with Gasteiger partial charge in [0.1, 0.15) is 0 Å². The first-order chi connectivity index (χ1) is 8.38. The third-order valence-electron chi connectivity index (χ3n) is 3.82. The van der Waals surface area contributed by atoms with Gasteiger partial charge in [0.15, 0.2) is 0 Å². The average molecular weight is 232 g/mol. The number of hydrogen-bond donors (Lipinski definition) is 1. The second-order valence-corrected chi connectivity index (χ2v) is 4.99. The maximum atomic E-state index is 3.48. The van der Waals surface area contributed by atoms with Gasteiger partial charge in [-0.25, -0.2) is 0 Å². The van der Waals surface area contributed by atoms with Crippen molar-refractivity contribution < 1.29 is 0 Å². The van der Waals surface area contributed by atoms with Gasteiger partial charge in [0.25, 0.3) is 0 Å². The molecule has 1 aromatic rings. The molecule has 0 bridgehead atoms. The van der Waals surface area contributed by atoms with E-state index in [1.54, 1.807) is 0 Å². The van der Waals surface area contributed by atoms with Crippen molar-refractivity contribution >= 4 is 5.69 Å². The summed E-state index contributed by atoms with van der Waals surface area (Å²) in [6.45, 7) is 7.12. The molecule has 2 nitrogen and oxygen atoms in total. The van der Waals surface area contributed by atoms with Crippen LogP contribution >= 0.6 is 0 Å². The lowest BCUT2D eigenvalue weighted by atomic mass is 9.94. The van der Waals surface area contributed by atoms with E-state index in [2.05, 4.69) is 47.5 Å². The number of hydrogen-bond acceptors (Lipinski definition) is 2. The number of piperidine rings is 1. The zero-order chi connectivity index (χ0) is 11.9. The van der Waals surface area contributed by atoms with Crippen molar-refractivity contribution in [3.05, 3.63) is 30.3 Å². The van der Waals surface area contributed by atoms with Crippen molar-refractivity contribution in [2.24, 2.45) is 5.92 Å². The minimum Gasteiger partial charge on any atom is -0.384 e. The van der Waals surface area contributed by atoms with E-state index in [4.69, 9.17) is 0 Å². The summed E-state index contributed by atoms with van der Waals surface area (Å²) in [5.74, 6) is 0.980. The predicted octanol–water partition coefficient (Wildman–Crippen LogP) is 3.22. The van der Waals surface area contributed by atoms with Crippen LogP contribution in [-0.2, 0) is 0 Å². The van der Waals surface area contributed by atoms with Crippen LogP contribution < -0.4 is 5.32 Å². The van der Waals surface area contributed by atoms with Gasteiger partial charge in [-0.3, -0.25) is 0 Å². The monoisotopic (exact) mass is 232 g/mol. The first-order valence-corrected chi connectivity index (χ1v) is 6.89. The van der Waals surface area contributed by atoms with Gasteiger partial charge in [-0.1, -0.05) is 31.5 Å². The van der Waals surface area contributed by atoms with Crippen molar-refractivity contribution in [3.8, 4) is 0 Å². The Morgan fingerprint density at radius 1 is 1.18 bits per heavy atom. The minimum atomic E-state index is 0.980. The third-order valence-corrected chi connectivity index (χ3v) is 3.82. The van der Waals surface area contributed by atoms with E-state index >= 15 is 0 Å². The normalized spacial score (nSPS) is 18.2. The Morgan fingerprint density at radius 3 is 2.53 bits per heavy atom. The number of nitrogens with one attached hydrogen (secondary N) is 1. The quantitative estimate of drug-likeness (QED) is 0.838. The molecule has 0 aliphatic carbocycles. The van der Waals surface area contributed by atoms with Gasteiger partial charge in [-0.05, 0) is 44.0 Å². The van der Waals surface area contributed by atoms with Crippen molar-refractivity contribution in [1.82, 2.24) is 4.90 Å². The van der Waals surface area contributed by atoms with Crippen LogP contribution in [0.4, 0.5) is 5.69 Å². The van der Waals surface area contributed by atoms with Crippen molar-refractivity contribution in [1.29, 1.82) is 0 Å². The lowest BCUT2D eigenvalue weighted by Crippen LogP contribution is -2.36. The van der Waals surface area contributed by atoms with Crippen LogP contribution in [0.5, 0.6) is 0 Å². The standard InChI is InChI=1S/C15H24N2/c1-2-14-8-11-17(12-9-14)13-10-16-15-6-4-3-5-7-15/h3-7,14,16H,2,8-13H2,1H3. The summed E-state index contributed by atoms with van der Waals surface area (Å²) in [5.41, 5.74) is 1.23. The Hall–Kier alpha value is -1.02. The van der Waals surface area contributed by atoms with E-state index in [1.807, 2.05) is 0 Å². The number of nitrogens with zero attached hydrogens (tertiary/aromatic N) is 1. The Morgan fingerprint density at radius 2 is 1.88 bits per heavy atom. The Balaban J connectivity index is 1.63. The van der Waals surface area contributed by atoms with Gasteiger partial charge in [-0.2, -0.15) is 0 Å². The molecule has 94 valence electrons. The van der Waals surface area contributed by atoms with Crippen molar-refractivity contribution in [2.75, 3.05) is 31.5 Å². The first-order valence-electron chi connectivity index (χ1n) is 6.89. The molecule has 1 heterocycles. The summed E-state index contributed by atoms with van der Waals surface area (Å²) >= 11 is 0. The second-order valence-electron chi connectivity index (χ2n) is 4.99. The van der Waals surface area contributed by atoms with E-state index < -0.39 is 0 Å². The molecule has 1 saturated heterocycles. The zero-order valence-electron chi connectivity index (χ0n) is 10.9. The van der Waals surface area contributed by atoms with Gasteiger partial charge in [0.2, 0.25) is 0 Å². The summed E-state index contributed by atoms with van der Waals surface area (Å²) in [5, 5.41) is 3.48. The van der Waals surface area contributed by atoms with Crippen LogP contribution in [0.3, 0.4) is 0 Å². The van der Waals surface area contributed by atoms with E-state index in [0.717, 1.165) is 12.5 Å². The average Bonchev–Trinajstić information content (AvgIpc) is 2.41. The predicted molar refractivity (Wildman–Crippen MR) is 74.4 cm³/mol. The molecule has 2 heteroatoms. The number of likely N-dealkylation sites (tertiary alicyclic amines) is 1. The summed E-state index contributed by atoms with van der Waals surface area (Å²) in [6, 6.07) is 10.5. The topological polar surface area (TPSA) is 15.3 Å². The van der Waals surface area contributed by atoms with Crippen LogP contribution in [-0.4, -0.2) is 31.1 Å². The summed E-state index contributed by atoms with van der Waals surface area (Å²) in [7, 11) is 0. The highest BCUT2D eigenvalue weighted by Gasteiger charge is 2.16. The van der Waals surface area contributed by atoms with E-state index in [9.17, 15) is 0 Å². The Kier molecular flexibility index (Phi) is 4.87. The van der Waals surface area contributed by atoms with E-state index in [-0.39, 0.29) is 0 Å². The summed E-state index contributed by atoms with van der Waals surface area (Å²) in [4.78, 5) is 2.59. The van der Waals surface area contributed by atoms with Crippen molar-refractivity contribution in [2.45, 2.75) is 26.2 Å². The van der Waals surface area contributed by atoms with Crippen LogP contribution in [0.2, 0.25) is 0 Å². The van der Waals surface area contributed by atoms with Gasteiger partial charge in [0.05, 0.1) is 0 Å². The lowest BCUT2D eigenvalue weighted by Gasteiger charge is -2.31. The number of rotatable bonds is 5. The number of benzene rings is 1. The van der Waals surface area contributed by atoms with Crippen LogP contribution in [0.1, 0.15) is 26.2 Å². The Bertz CT molecular complexity index is 302. The Labute approximate surface area is 105 Å². The molecule has 1 aliphatic heterocycles. The summed E-state index contributed by atoms with van der Waals surface area (Å²) < 4.78 is 0. The molecular formula is C15H24N2. The number of anilines is 1. The fourth-order valence-electron chi connectivity index (χ4n) is 2.53. The molecule has 1 aliphatic rings. The van der Waals surface area contributed by atoms with Gasteiger partial charge < -0.3 is 10.2 Å². The molecule has 0 radical (unpaired) electrons. The van der Waals surface area contributed by atoms with Gasteiger partial charge >= 0.3 is 0 Å². The summed E-state index contributed by atoms with van der Waals surface area (Å²) in [6.07, 6.45) is 4.14. The molecule has 0 unspecified atom stereocenters. The minimum absolute atomic E-state index is 0.980. The van der Waals surface area contributed by atoms with Crippen LogP contribution in [0.25, 0.3) is 0 Å². The third kappa shape index (κ3) is 4.04. The molecule has 1 aromatic carbocycles. The molecule has 0 amide bonds. The van der Waals surface area contributed by atoms with Crippen LogP contribution in [0.15, 0.2) is 30.3 Å². The lowest BCUT2D eigenvalue weighted by molar-refractivity contribution is 0.188. The number of para-hydroxylation sites is 1. The van der Waals surface area contributed by atoms with Gasteiger partial charge in [-0.15, -0.1) is 0 Å². The SMILES string of the molecule is CCC1CCN(CCNc2ccccc2)CC1. The van der Waals surface area contributed by atoms with Gasteiger partial charge in [0, 0.05) is 18.8 Å². The molecule has 0 saturated carbocycles. The second kappa shape index (κ2) is 6.65. The highest BCUT2D eigenvalue weighted by Crippen LogP contribution is 2.19. The van der Waals surface area contributed by atoms with E-state index in [0.29, 0.717) is 0 Å². The molecule has 0 aromatic heterocycles. The smallest absolute Gasteiger partial charge is 0.0340 e. The highest BCUT2D eigenvalue weighted by molar-refractivity contribution is 5.42. The first kappa shape index (κ1) is 12.4. The fraction of sp³-hybridized carbons (Fsp3) is 0.600.